The second-order valence-corrected chi connectivity index (χ2v) is 17.8. The van der Waals surface area contributed by atoms with Crippen molar-refractivity contribution >= 4 is 16.1 Å². The first kappa shape index (κ1) is 18.4. The predicted molar refractivity (Wildman–Crippen MR) is 86.8 cm³/mol. The minimum absolute atomic E-state index is 0.359. The van der Waals surface area contributed by atoms with Crippen LogP contribution in [0.3, 0.4) is 0 Å². The Morgan fingerprint density at radius 1 is 0.556 bits per heavy atom. The van der Waals surface area contributed by atoms with E-state index in [1.807, 2.05) is 0 Å². The smallest absolute Gasteiger partial charge is 0.0474 e. The molecular formula is C14H34O2Si2. The zero-order valence-corrected chi connectivity index (χ0v) is 15.0. The molecule has 0 saturated heterocycles. The molecule has 0 spiro atoms. The molecule has 0 bridgehead atoms. The predicted octanol–water partition coefficient (Wildman–Crippen LogP) is 3.95. The fraction of sp³-hybridized carbons (Fsp3) is 1.00. The number of hydrogen-bond donors (Lipinski definition) is 2. The van der Waals surface area contributed by atoms with E-state index in [9.17, 15) is 0 Å². The molecule has 0 fully saturated rings. The molecule has 0 heterocycles. The van der Waals surface area contributed by atoms with Gasteiger partial charge in [-0.05, 0) is 12.8 Å². The Labute approximate surface area is 116 Å². The van der Waals surface area contributed by atoms with Crippen LogP contribution in [0, 0.1) is 0 Å². The minimum Gasteiger partial charge on any atom is -0.396 e. The Morgan fingerprint density at radius 2 is 0.833 bits per heavy atom. The molecule has 0 aromatic heterocycles. The van der Waals surface area contributed by atoms with Gasteiger partial charge in [0, 0.05) is 29.4 Å². The summed E-state index contributed by atoms with van der Waals surface area (Å²) in [7, 11) is -2.06. The topological polar surface area (TPSA) is 40.5 Å². The summed E-state index contributed by atoms with van der Waals surface area (Å²) in [6.45, 7) is 10.5. The van der Waals surface area contributed by atoms with Gasteiger partial charge in [0.25, 0.3) is 0 Å². The van der Waals surface area contributed by atoms with Gasteiger partial charge < -0.3 is 10.2 Å². The number of unbranched alkanes of at least 4 members (excludes halogenated alkanes) is 1. The molecule has 110 valence electrons. The first-order valence-corrected chi connectivity index (χ1v) is 14.4. The van der Waals surface area contributed by atoms with Gasteiger partial charge in [-0.15, -0.1) is 0 Å². The first-order chi connectivity index (χ1) is 8.33. The Bertz CT molecular complexity index is 184. The maximum absolute atomic E-state index is 8.90. The summed E-state index contributed by atoms with van der Waals surface area (Å²) in [6, 6.07) is 5.37. The highest BCUT2D eigenvalue weighted by Crippen LogP contribution is 2.25. The van der Waals surface area contributed by atoms with E-state index in [0.29, 0.717) is 13.2 Å². The van der Waals surface area contributed by atoms with E-state index < -0.39 is 16.1 Å². The monoisotopic (exact) mass is 290 g/mol. The third kappa shape index (κ3) is 10.3. The lowest BCUT2D eigenvalue weighted by Gasteiger charge is -2.24. The van der Waals surface area contributed by atoms with Gasteiger partial charge in [0.1, 0.15) is 0 Å². The summed E-state index contributed by atoms with van der Waals surface area (Å²) in [5, 5.41) is 17.8. The normalized spacial score (nSPS) is 13.0. The second kappa shape index (κ2) is 9.29. The average molecular weight is 291 g/mol. The molecule has 0 amide bonds. The van der Waals surface area contributed by atoms with Crippen LogP contribution in [0.1, 0.15) is 25.7 Å². The van der Waals surface area contributed by atoms with Gasteiger partial charge in [0.05, 0.1) is 0 Å². The SMILES string of the molecule is C[Si](C)(CCCO)CCCC[Si](C)(C)CCCO. The van der Waals surface area contributed by atoms with E-state index in [-0.39, 0.29) is 0 Å². The molecule has 18 heavy (non-hydrogen) atoms. The highest BCUT2D eigenvalue weighted by molar-refractivity contribution is 6.78. The summed E-state index contributed by atoms with van der Waals surface area (Å²) in [5.41, 5.74) is 0. The van der Waals surface area contributed by atoms with Gasteiger partial charge in [-0.25, -0.2) is 0 Å². The highest BCUT2D eigenvalue weighted by Gasteiger charge is 2.22. The van der Waals surface area contributed by atoms with E-state index in [4.69, 9.17) is 10.2 Å². The largest absolute Gasteiger partial charge is 0.396 e. The van der Waals surface area contributed by atoms with Crippen LogP contribution in [0.25, 0.3) is 0 Å². The Hall–Kier alpha value is 0.354. The van der Waals surface area contributed by atoms with Crippen molar-refractivity contribution in [3.8, 4) is 0 Å². The van der Waals surface area contributed by atoms with Gasteiger partial charge in [-0.3, -0.25) is 0 Å². The van der Waals surface area contributed by atoms with Crippen molar-refractivity contribution in [1.29, 1.82) is 0 Å². The van der Waals surface area contributed by atoms with E-state index >= 15 is 0 Å². The maximum atomic E-state index is 8.90. The van der Waals surface area contributed by atoms with E-state index in [1.165, 1.54) is 37.0 Å². The molecule has 0 saturated carbocycles. The fourth-order valence-electron chi connectivity index (χ4n) is 2.57. The third-order valence-corrected chi connectivity index (χ3v) is 10.8. The van der Waals surface area contributed by atoms with Crippen molar-refractivity contribution < 1.29 is 10.2 Å². The number of aliphatic hydroxyl groups is 2. The first-order valence-electron chi connectivity index (χ1n) is 7.55. The molecule has 0 aliphatic rings. The summed E-state index contributed by atoms with van der Waals surface area (Å²) >= 11 is 0. The van der Waals surface area contributed by atoms with Crippen molar-refractivity contribution in [3.05, 3.63) is 0 Å². The van der Waals surface area contributed by atoms with Crippen molar-refractivity contribution in [2.75, 3.05) is 13.2 Å². The van der Waals surface area contributed by atoms with E-state index in [0.717, 1.165) is 12.8 Å². The number of aliphatic hydroxyl groups excluding tert-OH is 2. The van der Waals surface area contributed by atoms with Gasteiger partial charge in [-0.2, -0.15) is 0 Å². The van der Waals surface area contributed by atoms with Crippen LogP contribution in [-0.4, -0.2) is 39.6 Å². The molecule has 0 atom stereocenters. The number of hydrogen-bond acceptors (Lipinski definition) is 2. The molecule has 2 nitrogen and oxygen atoms in total. The lowest BCUT2D eigenvalue weighted by atomic mass is 10.4. The van der Waals surface area contributed by atoms with Crippen molar-refractivity contribution in [2.24, 2.45) is 0 Å². The average Bonchev–Trinajstić information content (AvgIpc) is 2.30. The highest BCUT2D eigenvalue weighted by atomic mass is 28.3. The Balaban J connectivity index is 3.71. The second-order valence-electron chi connectivity index (χ2n) is 7.19. The Kier molecular flexibility index (Phi) is 9.47. The van der Waals surface area contributed by atoms with Gasteiger partial charge in [0.2, 0.25) is 0 Å². The molecule has 2 N–H and O–H groups in total. The van der Waals surface area contributed by atoms with Crippen LogP contribution in [0.5, 0.6) is 0 Å². The van der Waals surface area contributed by atoms with Crippen molar-refractivity contribution in [1.82, 2.24) is 0 Å². The van der Waals surface area contributed by atoms with Gasteiger partial charge in [-0.1, -0.05) is 63.2 Å². The zero-order chi connectivity index (χ0) is 14.1. The van der Waals surface area contributed by atoms with E-state index in [2.05, 4.69) is 26.2 Å². The molecule has 4 heteroatoms. The molecule has 0 aliphatic carbocycles. The molecular weight excluding hydrogens is 256 g/mol. The standard InChI is InChI=1S/C14H34O2Si2/c1-17(2,13-7-9-15)11-5-6-12-18(3,4)14-8-10-16/h15-16H,5-14H2,1-4H3. The molecule has 0 radical (unpaired) electrons. The maximum Gasteiger partial charge on any atom is 0.0474 e. The van der Waals surface area contributed by atoms with Crippen molar-refractivity contribution in [2.45, 2.75) is 76.0 Å². The Morgan fingerprint density at radius 3 is 1.11 bits per heavy atom. The molecule has 0 rings (SSSR count). The molecule has 0 aliphatic heterocycles. The molecule has 0 unspecified atom stereocenters. The molecule has 0 aromatic rings. The van der Waals surface area contributed by atoms with Crippen LogP contribution in [0.15, 0.2) is 0 Å². The van der Waals surface area contributed by atoms with Crippen LogP contribution in [-0.2, 0) is 0 Å². The zero-order valence-electron chi connectivity index (χ0n) is 13.0. The quantitative estimate of drug-likeness (QED) is 0.447. The summed E-state index contributed by atoms with van der Waals surface area (Å²) in [5.74, 6) is 0. The van der Waals surface area contributed by atoms with Gasteiger partial charge >= 0.3 is 0 Å². The van der Waals surface area contributed by atoms with Gasteiger partial charge in [0.15, 0.2) is 0 Å². The van der Waals surface area contributed by atoms with Crippen molar-refractivity contribution in [3.63, 3.8) is 0 Å². The number of rotatable bonds is 11. The van der Waals surface area contributed by atoms with Crippen LogP contribution in [0.2, 0.25) is 50.4 Å². The summed E-state index contributed by atoms with van der Waals surface area (Å²) < 4.78 is 0. The minimum atomic E-state index is -1.03. The lowest BCUT2D eigenvalue weighted by molar-refractivity contribution is 0.294. The third-order valence-electron chi connectivity index (χ3n) is 3.98. The van der Waals surface area contributed by atoms with Crippen LogP contribution < -0.4 is 0 Å². The van der Waals surface area contributed by atoms with E-state index in [1.54, 1.807) is 0 Å². The summed E-state index contributed by atoms with van der Waals surface area (Å²) in [4.78, 5) is 0. The fourth-order valence-corrected chi connectivity index (χ4v) is 7.72. The van der Waals surface area contributed by atoms with Crippen LogP contribution in [0.4, 0.5) is 0 Å². The lowest BCUT2D eigenvalue weighted by Crippen LogP contribution is -2.27. The molecule has 0 aromatic carbocycles. The van der Waals surface area contributed by atoms with Crippen LogP contribution >= 0.6 is 0 Å². The summed E-state index contributed by atoms with van der Waals surface area (Å²) in [6.07, 6.45) is 4.74.